The molecule has 2 bridgehead atoms. The van der Waals surface area contributed by atoms with Crippen molar-refractivity contribution in [3.05, 3.63) is 46.1 Å². The lowest BCUT2D eigenvalue weighted by Crippen LogP contribution is -2.43. The van der Waals surface area contributed by atoms with Gasteiger partial charge in [0, 0.05) is 35.6 Å². The minimum absolute atomic E-state index is 0.00395. The summed E-state index contributed by atoms with van der Waals surface area (Å²) in [6.07, 6.45) is 7.77. The second kappa shape index (κ2) is 9.84. The lowest BCUT2D eigenvalue weighted by Gasteiger charge is -2.37. The number of hydrogen-bond donors (Lipinski definition) is 2. The molecule has 4 rings (SSSR count). The number of ether oxygens (including phenoxy) is 2. The summed E-state index contributed by atoms with van der Waals surface area (Å²) in [5.41, 5.74) is 1.12. The number of benzene rings is 1. The predicted octanol–water partition coefficient (Wildman–Crippen LogP) is 4.50. The van der Waals surface area contributed by atoms with Crippen LogP contribution in [-0.2, 0) is 14.3 Å². The summed E-state index contributed by atoms with van der Waals surface area (Å²) in [7, 11) is 0. The Kier molecular flexibility index (Phi) is 7.16. The number of nitrogens with one attached hydrogen (secondary N) is 1. The third kappa shape index (κ3) is 4.76. The monoisotopic (exact) mass is 477 g/mol. The average molecular weight is 478 g/mol. The van der Waals surface area contributed by atoms with Gasteiger partial charge in [0.25, 0.3) is 5.91 Å². The summed E-state index contributed by atoms with van der Waals surface area (Å²) < 4.78 is 13.1. The molecule has 30 heavy (non-hydrogen) atoms. The zero-order valence-electron chi connectivity index (χ0n) is 17.6. The van der Waals surface area contributed by atoms with Crippen LogP contribution in [0.15, 0.2) is 40.6 Å². The van der Waals surface area contributed by atoms with Gasteiger partial charge in [-0.25, -0.2) is 0 Å². The highest BCUT2D eigenvalue weighted by atomic mass is 79.9. The molecule has 5 nitrogen and oxygen atoms in total. The van der Waals surface area contributed by atoms with Crippen LogP contribution in [0.5, 0.6) is 0 Å². The number of allylic oxidation sites excluding steroid dienone is 1. The van der Waals surface area contributed by atoms with E-state index in [0.29, 0.717) is 24.7 Å². The number of rotatable bonds is 8. The Hall–Kier alpha value is -1.37. The van der Waals surface area contributed by atoms with E-state index in [1.54, 1.807) is 0 Å². The quantitative estimate of drug-likeness (QED) is 0.578. The zero-order valence-corrected chi connectivity index (χ0v) is 19.1. The second-order valence-electron chi connectivity index (χ2n) is 8.83. The average Bonchev–Trinajstić information content (AvgIpc) is 3.36. The van der Waals surface area contributed by atoms with Gasteiger partial charge in [0.15, 0.2) is 5.76 Å². The van der Waals surface area contributed by atoms with Crippen LogP contribution in [0.1, 0.15) is 56.9 Å². The molecule has 0 aromatic heterocycles. The van der Waals surface area contributed by atoms with E-state index in [2.05, 4.69) is 33.4 Å². The fraction of sp³-hybridized carbons (Fsp3) is 0.625. The van der Waals surface area contributed by atoms with Crippen LogP contribution in [0.2, 0.25) is 0 Å². The first-order valence-electron chi connectivity index (χ1n) is 11.3. The summed E-state index contributed by atoms with van der Waals surface area (Å²) in [6.45, 7) is 2.58. The highest BCUT2D eigenvalue weighted by Gasteiger charge is 2.42. The van der Waals surface area contributed by atoms with Gasteiger partial charge < -0.3 is 19.9 Å². The minimum Gasteiger partial charge on any atom is -0.459 e. The SMILES string of the molecule is CCO[C@@H]1OC(C(=O)NC2CC3CCC2C3)=C[C@H](c2ccc(Br)cc2)[C@@H]1CCCO. The summed E-state index contributed by atoms with van der Waals surface area (Å²) in [6, 6.07) is 8.47. The number of halogens is 1. The molecule has 3 unspecified atom stereocenters. The van der Waals surface area contributed by atoms with Crippen molar-refractivity contribution in [1.82, 2.24) is 5.32 Å². The topological polar surface area (TPSA) is 67.8 Å². The van der Waals surface area contributed by atoms with Gasteiger partial charge in [-0.15, -0.1) is 0 Å². The van der Waals surface area contributed by atoms with Crippen molar-refractivity contribution >= 4 is 21.8 Å². The molecule has 0 spiro atoms. The fourth-order valence-corrected chi connectivity index (χ4v) is 5.76. The van der Waals surface area contributed by atoms with Gasteiger partial charge in [0.1, 0.15) is 0 Å². The maximum atomic E-state index is 13.1. The van der Waals surface area contributed by atoms with E-state index >= 15 is 0 Å². The van der Waals surface area contributed by atoms with Crippen molar-refractivity contribution in [1.29, 1.82) is 0 Å². The third-order valence-corrected chi connectivity index (χ3v) is 7.47. The molecule has 1 heterocycles. The van der Waals surface area contributed by atoms with Crippen LogP contribution < -0.4 is 5.32 Å². The number of fused-ring (bicyclic) bond motifs is 2. The van der Waals surface area contributed by atoms with E-state index in [0.717, 1.165) is 28.8 Å². The van der Waals surface area contributed by atoms with Gasteiger partial charge in [0.05, 0.1) is 0 Å². The van der Waals surface area contributed by atoms with Gasteiger partial charge >= 0.3 is 0 Å². The Morgan fingerprint density at radius 3 is 2.70 bits per heavy atom. The number of amides is 1. The maximum absolute atomic E-state index is 13.1. The van der Waals surface area contributed by atoms with E-state index in [1.165, 1.54) is 19.3 Å². The van der Waals surface area contributed by atoms with Crippen LogP contribution in [0.25, 0.3) is 0 Å². The summed E-state index contributed by atoms with van der Waals surface area (Å²) in [5, 5.41) is 12.6. The van der Waals surface area contributed by atoms with Crippen LogP contribution in [0.4, 0.5) is 0 Å². The predicted molar refractivity (Wildman–Crippen MR) is 119 cm³/mol. The molecule has 1 aromatic carbocycles. The molecule has 2 aliphatic carbocycles. The molecule has 2 fully saturated rings. The third-order valence-electron chi connectivity index (χ3n) is 6.94. The summed E-state index contributed by atoms with van der Waals surface area (Å²) >= 11 is 3.50. The first-order valence-corrected chi connectivity index (χ1v) is 12.1. The largest absolute Gasteiger partial charge is 0.459 e. The van der Waals surface area contributed by atoms with Crippen LogP contribution >= 0.6 is 15.9 Å². The molecule has 2 N–H and O–H groups in total. The van der Waals surface area contributed by atoms with Crippen molar-refractivity contribution in [2.75, 3.05) is 13.2 Å². The highest BCUT2D eigenvalue weighted by Crippen LogP contribution is 2.45. The smallest absolute Gasteiger partial charge is 0.286 e. The van der Waals surface area contributed by atoms with Crippen molar-refractivity contribution in [3.8, 4) is 0 Å². The van der Waals surface area contributed by atoms with Gasteiger partial charge in [-0.2, -0.15) is 0 Å². The molecule has 3 aliphatic rings. The standard InChI is InChI=1S/C24H32BrNO4/c1-2-29-24-19(4-3-11-27)20(16-7-9-18(25)10-8-16)14-22(30-24)23(28)26-21-13-15-5-6-17(21)12-15/h7-10,14-15,17,19-21,24,27H,2-6,11-13H2,1H3,(H,26,28)/t15?,17?,19-,20+,21?,24+/m0/s1. The highest BCUT2D eigenvalue weighted by molar-refractivity contribution is 9.10. The minimum atomic E-state index is -0.499. The number of aliphatic hydroxyl groups is 1. The van der Waals surface area contributed by atoms with Crippen molar-refractivity contribution < 1.29 is 19.4 Å². The number of hydrogen-bond acceptors (Lipinski definition) is 4. The molecule has 6 heteroatoms. The Labute approximate surface area is 187 Å². The van der Waals surface area contributed by atoms with Crippen LogP contribution in [0.3, 0.4) is 0 Å². The Balaban J connectivity index is 1.58. The zero-order chi connectivity index (χ0) is 21.1. The van der Waals surface area contributed by atoms with Crippen molar-refractivity contribution in [2.45, 2.75) is 63.7 Å². The first-order chi connectivity index (χ1) is 14.6. The van der Waals surface area contributed by atoms with Crippen molar-refractivity contribution in [3.63, 3.8) is 0 Å². The fourth-order valence-electron chi connectivity index (χ4n) is 5.49. The van der Waals surface area contributed by atoms with Gasteiger partial charge in [-0.1, -0.05) is 34.5 Å². The molecule has 164 valence electrons. The summed E-state index contributed by atoms with van der Waals surface area (Å²) in [4.78, 5) is 13.1. The van der Waals surface area contributed by atoms with E-state index in [4.69, 9.17) is 9.47 Å². The molecule has 1 amide bonds. The number of carbonyl (C=O) groups is 1. The van der Waals surface area contributed by atoms with E-state index in [-0.39, 0.29) is 30.4 Å². The van der Waals surface area contributed by atoms with Gasteiger partial charge in [-0.05, 0) is 74.6 Å². The summed E-state index contributed by atoms with van der Waals surface area (Å²) in [5.74, 6) is 1.67. The maximum Gasteiger partial charge on any atom is 0.286 e. The van der Waals surface area contributed by atoms with Gasteiger partial charge in [0.2, 0.25) is 6.29 Å². The normalized spacial score (nSPS) is 32.6. The van der Waals surface area contributed by atoms with Crippen molar-refractivity contribution in [2.24, 2.45) is 17.8 Å². The molecular weight excluding hydrogens is 446 g/mol. The van der Waals surface area contributed by atoms with Crippen LogP contribution in [-0.4, -0.2) is 36.6 Å². The first kappa shape index (κ1) is 21.8. The Bertz CT molecular complexity index is 765. The molecular formula is C24H32BrNO4. The number of aliphatic hydroxyl groups excluding tert-OH is 1. The van der Waals surface area contributed by atoms with E-state index in [9.17, 15) is 9.90 Å². The lowest BCUT2D eigenvalue weighted by molar-refractivity contribution is -0.167. The molecule has 0 radical (unpaired) electrons. The Morgan fingerprint density at radius 1 is 1.27 bits per heavy atom. The molecule has 2 saturated carbocycles. The van der Waals surface area contributed by atoms with Crippen LogP contribution in [0, 0.1) is 17.8 Å². The molecule has 1 aromatic rings. The molecule has 1 aliphatic heterocycles. The van der Waals surface area contributed by atoms with E-state index < -0.39 is 6.29 Å². The second-order valence-corrected chi connectivity index (χ2v) is 9.75. The van der Waals surface area contributed by atoms with E-state index in [1.807, 2.05) is 25.1 Å². The number of carbonyl (C=O) groups excluding carboxylic acids is 1. The molecule has 0 saturated heterocycles. The van der Waals surface area contributed by atoms with Gasteiger partial charge in [-0.3, -0.25) is 4.79 Å². The molecule has 6 atom stereocenters. The lowest BCUT2D eigenvalue weighted by atomic mass is 9.80. The Morgan fingerprint density at radius 2 is 2.07 bits per heavy atom.